The molecule has 0 aliphatic carbocycles. The van der Waals surface area contributed by atoms with Crippen molar-refractivity contribution in [2.45, 2.75) is 33.7 Å². The van der Waals surface area contributed by atoms with Crippen LogP contribution in [0, 0.1) is 0 Å². The lowest BCUT2D eigenvalue weighted by molar-refractivity contribution is 0.245. The number of rotatable bonds is 1. The van der Waals surface area contributed by atoms with Crippen molar-refractivity contribution in [3.63, 3.8) is 0 Å². The molecular formula is C10H26N2S. The highest BCUT2D eigenvalue weighted by Crippen LogP contribution is 2.10. The third-order valence-corrected chi connectivity index (χ3v) is 2.72. The van der Waals surface area contributed by atoms with E-state index in [9.17, 15) is 0 Å². The average molecular weight is 206 g/mol. The van der Waals surface area contributed by atoms with Gasteiger partial charge in [-0.25, -0.2) is 0 Å². The summed E-state index contributed by atoms with van der Waals surface area (Å²) < 4.78 is 0. The molecule has 13 heavy (non-hydrogen) atoms. The van der Waals surface area contributed by atoms with Gasteiger partial charge in [-0.3, -0.25) is 4.90 Å². The molecule has 1 rings (SSSR count). The Bertz CT molecular complexity index is 81.0. The fraction of sp³-hybridized carbons (Fsp3) is 1.00. The van der Waals surface area contributed by atoms with Gasteiger partial charge in [0.2, 0.25) is 0 Å². The molecule has 0 spiro atoms. The minimum atomic E-state index is 0.755. The average Bonchev–Trinajstić information content (AvgIpc) is 2.25. The molecule has 0 atom stereocenters. The molecule has 0 aromatic rings. The lowest BCUT2D eigenvalue weighted by Gasteiger charge is -2.29. The molecule has 0 bridgehead atoms. The quantitative estimate of drug-likeness (QED) is 0.712. The first-order chi connectivity index (χ1) is 6.30. The molecular weight excluding hydrogens is 180 g/mol. The van der Waals surface area contributed by atoms with E-state index < -0.39 is 0 Å². The molecule has 3 heteroatoms. The molecule has 1 saturated heterocycles. The Labute approximate surface area is 88.3 Å². The summed E-state index contributed by atoms with van der Waals surface area (Å²) >= 11 is 2.07. The van der Waals surface area contributed by atoms with Gasteiger partial charge in [0.25, 0.3) is 0 Å². The Morgan fingerprint density at radius 1 is 1.08 bits per heavy atom. The van der Waals surface area contributed by atoms with E-state index >= 15 is 0 Å². The fourth-order valence-electron chi connectivity index (χ4n) is 1.09. The van der Waals surface area contributed by atoms with Crippen LogP contribution in [0.1, 0.15) is 27.7 Å². The van der Waals surface area contributed by atoms with Gasteiger partial charge in [-0.2, -0.15) is 11.8 Å². The van der Waals surface area contributed by atoms with E-state index in [1.54, 1.807) is 0 Å². The maximum absolute atomic E-state index is 4.50. The van der Waals surface area contributed by atoms with Crippen LogP contribution < -0.4 is 5.73 Å². The fourth-order valence-corrected chi connectivity index (χ4v) is 2.03. The molecule has 0 radical (unpaired) electrons. The zero-order valence-corrected chi connectivity index (χ0v) is 10.7. The van der Waals surface area contributed by atoms with E-state index in [0.717, 1.165) is 6.04 Å². The van der Waals surface area contributed by atoms with Gasteiger partial charge in [-0.1, -0.05) is 13.8 Å². The van der Waals surface area contributed by atoms with Crippen LogP contribution >= 0.6 is 11.8 Å². The van der Waals surface area contributed by atoms with Crippen molar-refractivity contribution in [1.29, 1.82) is 0 Å². The molecule has 2 N–H and O–H groups in total. The van der Waals surface area contributed by atoms with Gasteiger partial charge in [-0.05, 0) is 20.9 Å². The maximum atomic E-state index is 4.50. The monoisotopic (exact) mass is 206 g/mol. The lowest BCUT2D eigenvalue weighted by atomic mass is 10.3. The van der Waals surface area contributed by atoms with Crippen LogP contribution in [0.15, 0.2) is 0 Å². The topological polar surface area (TPSA) is 29.3 Å². The minimum absolute atomic E-state index is 0.755. The summed E-state index contributed by atoms with van der Waals surface area (Å²) in [5, 5.41) is 0. The van der Waals surface area contributed by atoms with E-state index in [1.165, 1.54) is 31.6 Å². The van der Waals surface area contributed by atoms with Crippen molar-refractivity contribution in [1.82, 2.24) is 4.90 Å². The Morgan fingerprint density at radius 2 is 1.46 bits per heavy atom. The summed E-state index contributed by atoms with van der Waals surface area (Å²) in [5.41, 5.74) is 4.50. The van der Waals surface area contributed by atoms with Crippen LogP contribution in [0.4, 0.5) is 0 Å². The highest BCUT2D eigenvalue weighted by Gasteiger charge is 2.11. The molecule has 0 unspecified atom stereocenters. The third-order valence-electron chi connectivity index (χ3n) is 1.78. The van der Waals surface area contributed by atoms with E-state index in [-0.39, 0.29) is 0 Å². The molecule has 0 amide bonds. The second-order valence-electron chi connectivity index (χ2n) is 2.74. The first-order valence-electron chi connectivity index (χ1n) is 5.20. The number of hydrogen-bond acceptors (Lipinski definition) is 3. The molecule has 1 fully saturated rings. The van der Waals surface area contributed by atoms with Crippen molar-refractivity contribution in [2.75, 3.05) is 31.6 Å². The normalized spacial score (nSPS) is 16.8. The van der Waals surface area contributed by atoms with Crippen LogP contribution in [-0.2, 0) is 0 Å². The minimum Gasteiger partial charge on any atom is -0.333 e. The van der Waals surface area contributed by atoms with Crippen LogP contribution in [0.3, 0.4) is 0 Å². The molecule has 0 aromatic carbocycles. The Hall–Kier alpha value is 0.270. The Balaban J connectivity index is 0. The summed E-state index contributed by atoms with van der Waals surface area (Å²) in [6.45, 7) is 11.1. The van der Waals surface area contributed by atoms with Gasteiger partial charge in [0, 0.05) is 30.6 Å². The van der Waals surface area contributed by atoms with Crippen molar-refractivity contribution >= 4 is 11.8 Å². The highest BCUT2D eigenvalue weighted by atomic mass is 32.2. The molecule has 1 aliphatic rings. The van der Waals surface area contributed by atoms with Gasteiger partial charge in [0.1, 0.15) is 0 Å². The summed E-state index contributed by atoms with van der Waals surface area (Å²) in [4.78, 5) is 2.54. The summed E-state index contributed by atoms with van der Waals surface area (Å²) in [6, 6.07) is 0.755. The highest BCUT2D eigenvalue weighted by molar-refractivity contribution is 7.99. The Morgan fingerprint density at radius 3 is 1.69 bits per heavy atom. The molecule has 1 heterocycles. The first kappa shape index (κ1) is 15.7. The van der Waals surface area contributed by atoms with Gasteiger partial charge < -0.3 is 5.73 Å². The number of nitrogens with two attached hydrogens (primary N) is 1. The second-order valence-corrected chi connectivity index (χ2v) is 3.97. The predicted molar refractivity (Wildman–Crippen MR) is 65.5 cm³/mol. The van der Waals surface area contributed by atoms with E-state index in [0.29, 0.717) is 0 Å². The van der Waals surface area contributed by atoms with Gasteiger partial charge >= 0.3 is 0 Å². The maximum Gasteiger partial charge on any atom is 0.00754 e. The summed E-state index contributed by atoms with van der Waals surface area (Å²) in [7, 11) is 1.50. The predicted octanol–water partition coefficient (Wildman–Crippen LogP) is 2.04. The summed E-state index contributed by atoms with van der Waals surface area (Å²) in [6.07, 6.45) is 0. The molecule has 1 aliphatic heterocycles. The zero-order valence-electron chi connectivity index (χ0n) is 9.84. The lowest BCUT2D eigenvalue weighted by Crippen LogP contribution is -2.37. The molecule has 82 valence electrons. The number of thioether (sulfide) groups is 1. The van der Waals surface area contributed by atoms with E-state index in [2.05, 4.69) is 36.2 Å². The van der Waals surface area contributed by atoms with Crippen LogP contribution in [0.2, 0.25) is 0 Å². The largest absolute Gasteiger partial charge is 0.333 e. The van der Waals surface area contributed by atoms with Gasteiger partial charge in [-0.15, -0.1) is 0 Å². The van der Waals surface area contributed by atoms with Crippen molar-refractivity contribution in [2.24, 2.45) is 5.73 Å². The third kappa shape index (κ3) is 8.60. The zero-order chi connectivity index (χ0) is 10.7. The molecule has 0 saturated carbocycles. The van der Waals surface area contributed by atoms with Crippen LogP contribution in [0.25, 0.3) is 0 Å². The molecule has 2 nitrogen and oxygen atoms in total. The number of hydrogen-bond donors (Lipinski definition) is 1. The SMILES string of the molecule is CC.CC(C)N1CCSCC1.CN. The van der Waals surface area contributed by atoms with E-state index in [4.69, 9.17) is 0 Å². The van der Waals surface area contributed by atoms with Crippen molar-refractivity contribution in [3.05, 3.63) is 0 Å². The van der Waals surface area contributed by atoms with Crippen LogP contribution in [0.5, 0.6) is 0 Å². The summed E-state index contributed by atoms with van der Waals surface area (Å²) in [5.74, 6) is 2.66. The van der Waals surface area contributed by atoms with Gasteiger partial charge in [0.15, 0.2) is 0 Å². The van der Waals surface area contributed by atoms with Crippen LogP contribution in [-0.4, -0.2) is 42.6 Å². The Kier molecular flexibility index (Phi) is 14.8. The van der Waals surface area contributed by atoms with E-state index in [1.807, 2.05) is 13.8 Å². The van der Waals surface area contributed by atoms with Crippen molar-refractivity contribution in [3.8, 4) is 0 Å². The van der Waals surface area contributed by atoms with Crippen molar-refractivity contribution < 1.29 is 0 Å². The second kappa shape index (κ2) is 12.3. The standard InChI is InChI=1S/C7H15NS.C2H6.CH5N/c1-7(2)8-3-5-9-6-4-8;2*1-2/h7H,3-6H2,1-2H3;1-2H3;2H2,1H3. The smallest absolute Gasteiger partial charge is 0.00754 e. The first-order valence-corrected chi connectivity index (χ1v) is 6.35. The number of nitrogens with zero attached hydrogens (tertiary/aromatic N) is 1. The molecule has 0 aromatic heterocycles. The van der Waals surface area contributed by atoms with Gasteiger partial charge in [0.05, 0.1) is 0 Å².